The molecular formula is C22H21F4N7O4. The summed E-state index contributed by atoms with van der Waals surface area (Å²) < 4.78 is 56.0. The number of nitrogens with zero attached hydrogens (tertiary/aromatic N) is 3. The monoisotopic (exact) mass is 523 g/mol. The van der Waals surface area contributed by atoms with E-state index >= 15 is 0 Å². The van der Waals surface area contributed by atoms with Gasteiger partial charge in [-0.1, -0.05) is 12.1 Å². The Balaban J connectivity index is 1.73. The number of nitrogens with two attached hydrogens (primary N) is 2. The van der Waals surface area contributed by atoms with Crippen LogP contribution in [-0.4, -0.2) is 38.8 Å². The minimum absolute atomic E-state index is 0.000994. The number of anilines is 3. The molecule has 0 saturated heterocycles. The van der Waals surface area contributed by atoms with Gasteiger partial charge in [0.05, 0.1) is 24.0 Å². The lowest BCUT2D eigenvalue weighted by atomic mass is 10.1. The summed E-state index contributed by atoms with van der Waals surface area (Å²) in [6, 6.07) is 5.41. The SMILES string of the molecule is CC(C)n1nc(C(=O)Nc2cc(NC(=O)Cc3ccc(OC(F)(F)F)cc3)cnc2F)c(C(N)=O)c1N. The highest BCUT2D eigenvalue weighted by Crippen LogP contribution is 2.25. The zero-order valence-corrected chi connectivity index (χ0v) is 19.4. The van der Waals surface area contributed by atoms with Crippen LogP contribution in [0.2, 0.25) is 0 Å². The number of primary amides is 1. The normalized spacial score (nSPS) is 11.3. The van der Waals surface area contributed by atoms with Crippen LogP contribution in [0, 0.1) is 5.95 Å². The quantitative estimate of drug-likeness (QED) is 0.260. The van der Waals surface area contributed by atoms with Gasteiger partial charge in [-0.25, -0.2) is 9.67 Å². The first-order chi connectivity index (χ1) is 17.2. The summed E-state index contributed by atoms with van der Waals surface area (Å²) in [5.74, 6) is -4.28. The molecule has 0 bridgehead atoms. The first-order valence-corrected chi connectivity index (χ1v) is 10.5. The van der Waals surface area contributed by atoms with Crippen LogP contribution in [0.15, 0.2) is 36.5 Å². The molecule has 0 aliphatic carbocycles. The number of halogens is 4. The highest BCUT2D eigenvalue weighted by molar-refractivity contribution is 6.12. The minimum Gasteiger partial charge on any atom is -0.406 e. The molecule has 0 spiro atoms. The molecule has 37 heavy (non-hydrogen) atoms. The molecule has 3 aromatic rings. The van der Waals surface area contributed by atoms with Crippen LogP contribution < -0.4 is 26.8 Å². The van der Waals surface area contributed by atoms with E-state index in [4.69, 9.17) is 11.5 Å². The predicted octanol–water partition coefficient (Wildman–Crippen LogP) is 3.01. The molecule has 1 aromatic carbocycles. The van der Waals surface area contributed by atoms with Crippen molar-refractivity contribution >= 4 is 34.9 Å². The zero-order valence-electron chi connectivity index (χ0n) is 19.4. The maximum Gasteiger partial charge on any atom is 0.573 e. The molecule has 3 rings (SSSR count). The Labute approximate surface area is 206 Å². The number of alkyl halides is 3. The maximum absolute atomic E-state index is 14.3. The van der Waals surface area contributed by atoms with Crippen molar-refractivity contribution < 1.29 is 36.7 Å². The molecule has 0 unspecified atom stereocenters. The van der Waals surface area contributed by atoms with Crippen LogP contribution in [0.4, 0.5) is 34.8 Å². The molecule has 15 heteroatoms. The predicted molar refractivity (Wildman–Crippen MR) is 123 cm³/mol. The summed E-state index contributed by atoms with van der Waals surface area (Å²) in [5, 5.41) is 8.65. The molecule has 0 atom stereocenters. The van der Waals surface area contributed by atoms with E-state index in [9.17, 15) is 31.9 Å². The molecule has 0 radical (unpaired) electrons. The van der Waals surface area contributed by atoms with Gasteiger partial charge in [0, 0.05) is 6.04 Å². The summed E-state index contributed by atoms with van der Waals surface area (Å²) in [4.78, 5) is 40.4. The second-order valence-corrected chi connectivity index (χ2v) is 7.94. The van der Waals surface area contributed by atoms with E-state index in [1.165, 1.54) is 16.8 Å². The van der Waals surface area contributed by atoms with Crippen molar-refractivity contribution in [2.45, 2.75) is 32.7 Å². The summed E-state index contributed by atoms with van der Waals surface area (Å²) in [7, 11) is 0. The van der Waals surface area contributed by atoms with Crippen LogP contribution in [0.3, 0.4) is 0 Å². The summed E-state index contributed by atoms with van der Waals surface area (Å²) in [6.07, 6.45) is -4.09. The van der Waals surface area contributed by atoms with Crippen molar-refractivity contribution in [2.24, 2.45) is 5.73 Å². The van der Waals surface area contributed by atoms with Crippen molar-refractivity contribution in [3.8, 4) is 5.75 Å². The van der Waals surface area contributed by atoms with Gasteiger partial charge in [0.2, 0.25) is 11.9 Å². The summed E-state index contributed by atoms with van der Waals surface area (Å²) >= 11 is 0. The molecule has 196 valence electrons. The number of amides is 3. The number of benzene rings is 1. The Kier molecular flexibility index (Phi) is 7.64. The van der Waals surface area contributed by atoms with Crippen LogP contribution in [0.1, 0.15) is 46.3 Å². The molecule has 6 N–H and O–H groups in total. The molecular weight excluding hydrogens is 502 g/mol. The summed E-state index contributed by atoms with van der Waals surface area (Å²) in [6.45, 7) is 3.41. The average molecular weight is 523 g/mol. The number of ether oxygens (including phenoxy) is 1. The third-order valence-electron chi connectivity index (χ3n) is 4.79. The van der Waals surface area contributed by atoms with E-state index in [1.807, 2.05) is 0 Å². The first kappa shape index (κ1) is 26.9. The molecule has 2 aromatic heterocycles. The number of hydrogen-bond acceptors (Lipinski definition) is 7. The van der Waals surface area contributed by atoms with Gasteiger partial charge in [0.25, 0.3) is 11.8 Å². The maximum atomic E-state index is 14.3. The van der Waals surface area contributed by atoms with Crippen LogP contribution in [0.25, 0.3) is 0 Å². The van der Waals surface area contributed by atoms with Gasteiger partial charge in [-0.15, -0.1) is 13.2 Å². The Morgan fingerprint density at radius 2 is 1.78 bits per heavy atom. The third-order valence-corrected chi connectivity index (χ3v) is 4.79. The van der Waals surface area contributed by atoms with E-state index in [0.29, 0.717) is 5.56 Å². The lowest BCUT2D eigenvalue weighted by Crippen LogP contribution is -2.21. The van der Waals surface area contributed by atoms with E-state index in [1.54, 1.807) is 13.8 Å². The topological polar surface area (TPSA) is 167 Å². The first-order valence-electron chi connectivity index (χ1n) is 10.5. The van der Waals surface area contributed by atoms with E-state index in [2.05, 4.69) is 25.5 Å². The highest BCUT2D eigenvalue weighted by atomic mass is 19.4. The lowest BCUT2D eigenvalue weighted by molar-refractivity contribution is -0.274. The molecule has 11 nitrogen and oxygen atoms in total. The van der Waals surface area contributed by atoms with Crippen LogP contribution in [0.5, 0.6) is 5.75 Å². The summed E-state index contributed by atoms with van der Waals surface area (Å²) in [5.41, 5.74) is 10.4. The van der Waals surface area contributed by atoms with E-state index in [-0.39, 0.29) is 29.5 Å². The molecule has 0 aliphatic rings. The van der Waals surface area contributed by atoms with Gasteiger partial charge in [-0.3, -0.25) is 14.4 Å². The van der Waals surface area contributed by atoms with Gasteiger partial charge in [-0.05, 0) is 37.6 Å². The fourth-order valence-electron chi connectivity index (χ4n) is 3.23. The van der Waals surface area contributed by atoms with Crippen molar-refractivity contribution in [2.75, 3.05) is 16.4 Å². The van der Waals surface area contributed by atoms with Crippen molar-refractivity contribution in [3.05, 3.63) is 59.3 Å². The Hall–Kier alpha value is -4.69. The van der Waals surface area contributed by atoms with Crippen LogP contribution >= 0.6 is 0 Å². The smallest absolute Gasteiger partial charge is 0.406 e. The van der Waals surface area contributed by atoms with Crippen molar-refractivity contribution in [1.29, 1.82) is 0 Å². The van der Waals surface area contributed by atoms with E-state index in [0.717, 1.165) is 24.4 Å². The van der Waals surface area contributed by atoms with Gasteiger partial charge in [-0.2, -0.15) is 9.49 Å². The molecule has 0 fully saturated rings. The Bertz CT molecular complexity index is 1340. The average Bonchev–Trinajstić information content (AvgIpc) is 3.14. The third kappa shape index (κ3) is 6.71. The fourth-order valence-corrected chi connectivity index (χ4v) is 3.23. The highest BCUT2D eigenvalue weighted by Gasteiger charge is 2.31. The van der Waals surface area contributed by atoms with E-state index < -0.39 is 47.2 Å². The lowest BCUT2D eigenvalue weighted by Gasteiger charge is -2.10. The number of hydrogen-bond donors (Lipinski definition) is 4. The second-order valence-electron chi connectivity index (χ2n) is 7.94. The number of carbonyl (C=O) groups excluding carboxylic acids is 3. The number of nitrogens with one attached hydrogen (secondary N) is 2. The second kappa shape index (κ2) is 10.5. The number of rotatable bonds is 8. The zero-order chi connectivity index (χ0) is 27.5. The number of pyridine rings is 1. The number of carbonyl (C=O) groups is 3. The van der Waals surface area contributed by atoms with Gasteiger partial charge >= 0.3 is 6.36 Å². The molecule has 3 amide bonds. The molecule has 0 aliphatic heterocycles. The standard InChI is InChI=1S/C22H21F4N7O4/c1-10(2)33-19(27)16(20(28)35)17(32-33)21(36)31-14-8-12(9-29-18(14)23)30-15(34)7-11-3-5-13(6-4-11)37-22(24,25)26/h3-6,8-10H,7,27H2,1-2H3,(H2,28,35)(H,30,34)(H,31,36). The molecule has 0 saturated carbocycles. The Morgan fingerprint density at radius 3 is 2.35 bits per heavy atom. The van der Waals surface area contributed by atoms with Crippen molar-refractivity contribution in [3.63, 3.8) is 0 Å². The molecule has 2 heterocycles. The van der Waals surface area contributed by atoms with Gasteiger partial charge in [0.15, 0.2) is 5.69 Å². The largest absolute Gasteiger partial charge is 0.573 e. The van der Waals surface area contributed by atoms with Gasteiger partial charge < -0.3 is 26.8 Å². The van der Waals surface area contributed by atoms with Gasteiger partial charge in [0.1, 0.15) is 17.1 Å². The Morgan fingerprint density at radius 1 is 1.14 bits per heavy atom. The van der Waals surface area contributed by atoms with Crippen molar-refractivity contribution in [1.82, 2.24) is 14.8 Å². The van der Waals surface area contributed by atoms with Crippen LogP contribution in [-0.2, 0) is 11.2 Å². The number of nitrogen functional groups attached to an aromatic ring is 1. The fraction of sp³-hybridized carbons (Fsp3) is 0.227. The number of aromatic nitrogens is 3. The minimum atomic E-state index is -4.84.